The molecule has 1 aromatic rings. The lowest BCUT2D eigenvalue weighted by molar-refractivity contribution is 0.101. The van der Waals surface area contributed by atoms with Gasteiger partial charge in [-0.15, -0.1) is 6.42 Å². The summed E-state index contributed by atoms with van der Waals surface area (Å²) >= 11 is 0. The van der Waals surface area contributed by atoms with Gasteiger partial charge in [-0.25, -0.2) is 12.7 Å². The maximum Gasteiger partial charge on any atom is 0.218 e. The molecule has 2 rings (SSSR count). The van der Waals surface area contributed by atoms with E-state index in [0.29, 0.717) is 32.2 Å². The summed E-state index contributed by atoms with van der Waals surface area (Å²) in [5.41, 5.74) is 1.93. The Balaban J connectivity index is 1.88. The van der Waals surface area contributed by atoms with Gasteiger partial charge in [-0.1, -0.05) is 35.7 Å². The number of terminal acetylenes is 1. The SMILES string of the molecule is C#CCOCC1CCN(S(=O)(=O)Cc2cccc(C)c2)CC1. The van der Waals surface area contributed by atoms with Crippen molar-refractivity contribution < 1.29 is 13.2 Å². The van der Waals surface area contributed by atoms with Crippen LogP contribution in [0.5, 0.6) is 0 Å². The first-order chi connectivity index (χ1) is 10.5. The van der Waals surface area contributed by atoms with Crippen molar-refractivity contribution in [2.24, 2.45) is 5.92 Å². The largest absolute Gasteiger partial charge is 0.369 e. The van der Waals surface area contributed by atoms with Gasteiger partial charge in [0.2, 0.25) is 10.0 Å². The van der Waals surface area contributed by atoms with E-state index in [0.717, 1.165) is 24.0 Å². The Hall–Kier alpha value is -1.35. The minimum Gasteiger partial charge on any atom is -0.369 e. The smallest absolute Gasteiger partial charge is 0.218 e. The van der Waals surface area contributed by atoms with E-state index in [2.05, 4.69) is 5.92 Å². The summed E-state index contributed by atoms with van der Waals surface area (Å²) in [6.45, 7) is 4.05. The zero-order chi connectivity index (χ0) is 16.0. The lowest BCUT2D eigenvalue weighted by atomic mass is 9.99. The highest BCUT2D eigenvalue weighted by atomic mass is 32.2. The quantitative estimate of drug-likeness (QED) is 0.596. The summed E-state index contributed by atoms with van der Waals surface area (Å²) in [6.07, 6.45) is 6.81. The number of rotatable bonds is 6. The number of hydrogen-bond donors (Lipinski definition) is 0. The standard InChI is InChI=1S/C17H23NO3S/c1-3-11-21-13-16-7-9-18(10-8-16)22(19,20)14-17-6-4-5-15(2)12-17/h1,4-6,12,16H,7-11,13-14H2,2H3. The minimum atomic E-state index is -3.24. The minimum absolute atomic E-state index is 0.0763. The molecule has 5 heteroatoms. The average Bonchev–Trinajstić information content (AvgIpc) is 2.47. The van der Waals surface area contributed by atoms with Crippen LogP contribution in [0, 0.1) is 25.2 Å². The van der Waals surface area contributed by atoms with E-state index in [4.69, 9.17) is 11.2 Å². The van der Waals surface area contributed by atoms with Gasteiger partial charge in [0.25, 0.3) is 0 Å². The molecule has 0 bridgehead atoms. The zero-order valence-electron chi connectivity index (χ0n) is 13.0. The van der Waals surface area contributed by atoms with Crippen molar-refractivity contribution >= 4 is 10.0 Å². The van der Waals surface area contributed by atoms with Gasteiger partial charge in [-0.2, -0.15) is 0 Å². The summed E-state index contributed by atoms with van der Waals surface area (Å²) in [5, 5.41) is 0. The third-order valence-electron chi connectivity index (χ3n) is 3.94. The van der Waals surface area contributed by atoms with Crippen LogP contribution in [0.15, 0.2) is 24.3 Å². The van der Waals surface area contributed by atoms with Gasteiger partial charge >= 0.3 is 0 Å². The molecule has 22 heavy (non-hydrogen) atoms. The number of piperidine rings is 1. The molecule has 0 aromatic heterocycles. The summed E-state index contributed by atoms with van der Waals surface area (Å²) < 4.78 is 32.0. The summed E-state index contributed by atoms with van der Waals surface area (Å²) in [5.74, 6) is 2.92. The molecule has 0 N–H and O–H groups in total. The molecule has 0 saturated carbocycles. The molecule has 0 amide bonds. The number of ether oxygens (including phenoxy) is 1. The number of hydrogen-bond acceptors (Lipinski definition) is 3. The molecule has 1 heterocycles. The molecule has 4 nitrogen and oxygen atoms in total. The number of benzene rings is 1. The van der Waals surface area contributed by atoms with Crippen molar-refractivity contribution in [1.29, 1.82) is 0 Å². The Bertz CT molecular complexity index is 626. The second-order valence-corrected chi connectivity index (χ2v) is 7.78. The summed E-state index contributed by atoms with van der Waals surface area (Å²) in [7, 11) is -3.24. The second-order valence-electron chi connectivity index (χ2n) is 5.81. The Labute approximate surface area is 133 Å². The predicted molar refractivity (Wildman–Crippen MR) is 87.8 cm³/mol. The van der Waals surface area contributed by atoms with E-state index in [1.165, 1.54) is 0 Å². The maximum absolute atomic E-state index is 12.5. The fourth-order valence-electron chi connectivity index (χ4n) is 2.74. The fraction of sp³-hybridized carbons (Fsp3) is 0.529. The van der Waals surface area contributed by atoms with Crippen LogP contribution < -0.4 is 0 Å². The van der Waals surface area contributed by atoms with Gasteiger partial charge in [0, 0.05) is 13.1 Å². The van der Waals surface area contributed by atoms with E-state index < -0.39 is 10.0 Å². The molecule has 1 fully saturated rings. The Morgan fingerprint density at radius 3 is 2.73 bits per heavy atom. The van der Waals surface area contributed by atoms with E-state index in [1.54, 1.807) is 4.31 Å². The molecule has 1 aromatic carbocycles. The molecule has 1 saturated heterocycles. The highest BCUT2D eigenvalue weighted by Crippen LogP contribution is 2.22. The molecule has 1 aliphatic rings. The van der Waals surface area contributed by atoms with Crippen molar-refractivity contribution in [2.75, 3.05) is 26.3 Å². The van der Waals surface area contributed by atoms with Gasteiger partial charge in [0.15, 0.2) is 0 Å². The van der Waals surface area contributed by atoms with Crippen LogP contribution in [0.2, 0.25) is 0 Å². The summed E-state index contributed by atoms with van der Waals surface area (Å²) in [4.78, 5) is 0. The Kier molecular flexibility index (Phi) is 6.01. The van der Waals surface area contributed by atoms with Crippen molar-refractivity contribution in [3.05, 3.63) is 35.4 Å². The highest BCUT2D eigenvalue weighted by Gasteiger charge is 2.28. The molecule has 120 valence electrons. The molecule has 1 aliphatic heterocycles. The van der Waals surface area contributed by atoms with Crippen LogP contribution in [0.3, 0.4) is 0 Å². The Morgan fingerprint density at radius 2 is 2.09 bits per heavy atom. The van der Waals surface area contributed by atoms with E-state index >= 15 is 0 Å². The van der Waals surface area contributed by atoms with Crippen molar-refractivity contribution in [1.82, 2.24) is 4.31 Å². The normalized spacial score (nSPS) is 17.3. The van der Waals surface area contributed by atoms with Crippen molar-refractivity contribution in [3.63, 3.8) is 0 Å². The van der Waals surface area contributed by atoms with E-state index in [9.17, 15) is 8.42 Å². The van der Waals surface area contributed by atoms with Crippen molar-refractivity contribution in [3.8, 4) is 12.3 Å². The fourth-order valence-corrected chi connectivity index (χ4v) is 4.29. The lowest BCUT2D eigenvalue weighted by Gasteiger charge is -2.31. The molecule has 0 unspecified atom stereocenters. The molecule has 0 aliphatic carbocycles. The molecular formula is C17H23NO3S. The van der Waals surface area contributed by atoms with Gasteiger partial charge in [0.05, 0.1) is 12.4 Å². The number of nitrogens with zero attached hydrogens (tertiary/aromatic N) is 1. The van der Waals surface area contributed by atoms with Gasteiger partial charge in [0.1, 0.15) is 6.61 Å². The van der Waals surface area contributed by atoms with Crippen LogP contribution in [0.25, 0.3) is 0 Å². The first-order valence-electron chi connectivity index (χ1n) is 7.56. The summed E-state index contributed by atoms with van der Waals surface area (Å²) in [6, 6.07) is 7.66. The van der Waals surface area contributed by atoms with Crippen LogP contribution in [-0.4, -0.2) is 39.0 Å². The van der Waals surface area contributed by atoms with Crippen LogP contribution in [0.4, 0.5) is 0 Å². The molecule has 0 radical (unpaired) electrons. The second kappa shape index (κ2) is 7.77. The number of aryl methyl sites for hydroxylation is 1. The van der Waals surface area contributed by atoms with Crippen LogP contribution in [0.1, 0.15) is 24.0 Å². The van der Waals surface area contributed by atoms with Gasteiger partial charge < -0.3 is 4.74 Å². The number of sulfonamides is 1. The predicted octanol–water partition coefficient (Wildman–Crippen LogP) is 2.19. The molecular weight excluding hydrogens is 298 g/mol. The third-order valence-corrected chi connectivity index (χ3v) is 5.79. The molecule has 0 atom stereocenters. The molecule has 0 spiro atoms. The van der Waals surface area contributed by atoms with E-state index in [-0.39, 0.29) is 5.75 Å². The first kappa shape index (κ1) is 17.0. The third kappa shape index (κ3) is 4.84. The van der Waals surface area contributed by atoms with Crippen LogP contribution >= 0.6 is 0 Å². The first-order valence-corrected chi connectivity index (χ1v) is 9.17. The monoisotopic (exact) mass is 321 g/mol. The van der Waals surface area contributed by atoms with E-state index in [1.807, 2.05) is 31.2 Å². The van der Waals surface area contributed by atoms with Crippen LogP contribution in [-0.2, 0) is 20.5 Å². The zero-order valence-corrected chi connectivity index (χ0v) is 13.8. The average molecular weight is 321 g/mol. The topological polar surface area (TPSA) is 46.6 Å². The Morgan fingerprint density at radius 1 is 1.36 bits per heavy atom. The van der Waals surface area contributed by atoms with Crippen molar-refractivity contribution in [2.45, 2.75) is 25.5 Å². The lowest BCUT2D eigenvalue weighted by Crippen LogP contribution is -2.40. The maximum atomic E-state index is 12.5. The van der Waals surface area contributed by atoms with Gasteiger partial charge in [-0.05, 0) is 31.2 Å². The van der Waals surface area contributed by atoms with Gasteiger partial charge in [-0.3, -0.25) is 0 Å². The highest BCUT2D eigenvalue weighted by molar-refractivity contribution is 7.88.